The molecule has 1 aromatic heterocycles. The highest BCUT2D eigenvalue weighted by atomic mass is 16.6. The van der Waals surface area contributed by atoms with Crippen LogP contribution in [-0.4, -0.2) is 30.9 Å². The third-order valence-electron chi connectivity index (χ3n) is 2.06. The first kappa shape index (κ1) is 13.0. The van der Waals surface area contributed by atoms with Gasteiger partial charge in [0, 0.05) is 14.1 Å². The van der Waals surface area contributed by atoms with Gasteiger partial charge < -0.3 is 18.5 Å². The van der Waals surface area contributed by atoms with Gasteiger partial charge in [0.25, 0.3) is 0 Å². The summed E-state index contributed by atoms with van der Waals surface area (Å²) in [6, 6.07) is 0. The molecule has 0 fully saturated rings. The molecule has 0 saturated carbocycles. The van der Waals surface area contributed by atoms with Crippen LogP contribution in [0.2, 0.25) is 0 Å². The molecule has 1 heterocycles. The van der Waals surface area contributed by atoms with Crippen molar-refractivity contribution in [2.45, 2.75) is 20.5 Å². The predicted molar refractivity (Wildman–Crippen MR) is 59.0 cm³/mol. The van der Waals surface area contributed by atoms with E-state index < -0.39 is 11.9 Å². The smallest absolute Gasteiger partial charge is 0.440 e. The van der Waals surface area contributed by atoms with Crippen LogP contribution in [0.1, 0.15) is 18.4 Å². The van der Waals surface area contributed by atoms with Crippen LogP contribution in [0.5, 0.6) is 0 Å². The Hall–Kier alpha value is -2.05. The lowest BCUT2D eigenvalue weighted by Gasteiger charge is -2.09. The zero-order valence-electron chi connectivity index (χ0n) is 10.1. The average Bonchev–Trinajstić information content (AvgIpc) is 2.54. The van der Waals surface area contributed by atoms with Gasteiger partial charge in [0.05, 0.1) is 0 Å². The van der Waals surface area contributed by atoms with Crippen molar-refractivity contribution in [3.05, 3.63) is 22.1 Å². The van der Waals surface area contributed by atoms with Crippen LogP contribution >= 0.6 is 0 Å². The lowest BCUT2D eigenvalue weighted by molar-refractivity contribution is 0.140. The van der Waals surface area contributed by atoms with Crippen molar-refractivity contribution in [2.24, 2.45) is 4.99 Å². The van der Waals surface area contributed by atoms with Gasteiger partial charge in [-0.25, -0.2) is 9.59 Å². The fourth-order valence-electron chi connectivity index (χ4n) is 0.898. The summed E-state index contributed by atoms with van der Waals surface area (Å²) < 4.78 is 14.1. The van der Waals surface area contributed by atoms with Gasteiger partial charge in [-0.2, -0.15) is 4.99 Å². The Balaban J connectivity index is 2.57. The number of rotatable bonds is 2. The van der Waals surface area contributed by atoms with Gasteiger partial charge in [-0.15, -0.1) is 0 Å². The minimum atomic E-state index is -0.818. The van der Waals surface area contributed by atoms with Gasteiger partial charge in [0.15, 0.2) is 18.1 Å². The summed E-state index contributed by atoms with van der Waals surface area (Å²) in [7, 11) is 3.51. The highest BCUT2D eigenvalue weighted by Crippen LogP contribution is 2.06. The molecule has 1 aromatic rings. The van der Waals surface area contributed by atoms with Gasteiger partial charge in [-0.05, 0) is 13.8 Å². The molecule has 0 radical (unpaired) electrons. The first-order valence-corrected chi connectivity index (χ1v) is 4.89. The first-order valence-electron chi connectivity index (χ1n) is 4.89. The van der Waals surface area contributed by atoms with E-state index in [4.69, 9.17) is 4.74 Å². The van der Waals surface area contributed by atoms with Crippen molar-refractivity contribution in [1.82, 2.24) is 4.90 Å². The number of hydrogen-bond acceptors (Lipinski definition) is 5. The molecule has 0 aliphatic rings. The first-order chi connectivity index (χ1) is 7.90. The summed E-state index contributed by atoms with van der Waals surface area (Å²) in [6.07, 6.45) is -0.751. The van der Waals surface area contributed by atoms with Gasteiger partial charge in [0.1, 0.15) is 5.84 Å². The summed E-state index contributed by atoms with van der Waals surface area (Å²) in [4.78, 5) is 27.3. The lowest BCUT2D eigenvalue weighted by atomic mass is 10.4. The van der Waals surface area contributed by atoms with E-state index in [1.54, 1.807) is 32.8 Å². The topological polar surface area (TPSA) is 85.2 Å². The zero-order valence-corrected chi connectivity index (χ0v) is 10.1. The number of amidine groups is 1. The van der Waals surface area contributed by atoms with Crippen LogP contribution < -0.4 is 5.82 Å². The second kappa shape index (κ2) is 5.33. The minimum Gasteiger partial charge on any atom is -0.440 e. The number of carbonyl (C=O) groups excluding carboxylic acids is 1. The number of carbonyl (C=O) groups is 1. The fraction of sp³-hybridized carbons (Fsp3) is 0.500. The largest absolute Gasteiger partial charge is 0.519 e. The molecule has 0 atom stereocenters. The Kier molecular flexibility index (Phi) is 4.08. The van der Waals surface area contributed by atoms with E-state index in [0.29, 0.717) is 5.84 Å². The van der Waals surface area contributed by atoms with E-state index in [0.717, 1.165) is 0 Å². The molecule has 1 amide bonds. The van der Waals surface area contributed by atoms with Crippen molar-refractivity contribution in [2.75, 3.05) is 14.1 Å². The maximum Gasteiger partial charge on any atom is 0.519 e. The lowest BCUT2D eigenvalue weighted by Crippen LogP contribution is -2.20. The van der Waals surface area contributed by atoms with Crippen LogP contribution in [0.15, 0.2) is 18.6 Å². The maximum atomic E-state index is 11.3. The molecule has 17 heavy (non-hydrogen) atoms. The van der Waals surface area contributed by atoms with Gasteiger partial charge in [-0.1, -0.05) is 0 Å². The number of aliphatic imine (C=N–C) groups is 1. The van der Waals surface area contributed by atoms with E-state index >= 15 is 0 Å². The summed E-state index contributed by atoms with van der Waals surface area (Å²) in [5.41, 5.74) is 0. The predicted octanol–water partition coefficient (Wildman–Crippen LogP) is 1.16. The third kappa shape index (κ3) is 3.78. The Bertz CT molecular complexity index is 483. The molecule has 0 aromatic carbocycles. The molecule has 1 rings (SSSR count). The Morgan fingerprint density at radius 2 is 2.06 bits per heavy atom. The van der Waals surface area contributed by atoms with Crippen molar-refractivity contribution in [1.29, 1.82) is 0 Å². The molecule has 0 aliphatic carbocycles. The Morgan fingerprint density at radius 3 is 2.53 bits per heavy atom. The molecule has 94 valence electrons. The zero-order chi connectivity index (χ0) is 13.0. The van der Waals surface area contributed by atoms with Gasteiger partial charge in [-0.3, -0.25) is 0 Å². The summed E-state index contributed by atoms with van der Waals surface area (Å²) in [6.45, 7) is 3.04. The fourth-order valence-corrected chi connectivity index (χ4v) is 0.898. The SMILES string of the molecule is C/C(=N/C(=O)OCc1oc(=O)oc1C)N(C)C. The standard InChI is InChI=1S/C10H14N2O5/c1-6-8(17-10(14)16-6)5-15-9(13)11-7(2)12(3)4/h5H2,1-4H3/b11-7-. The van der Waals surface area contributed by atoms with Crippen LogP contribution in [0.3, 0.4) is 0 Å². The van der Waals surface area contributed by atoms with E-state index in [9.17, 15) is 9.59 Å². The molecule has 7 heteroatoms. The van der Waals surface area contributed by atoms with E-state index in [1.165, 1.54) is 0 Å². The molecule has 0 unspecified atom stereocenters. The van der Waals surface area contributed by atoms with Crippen molar-refractivity contribution >= 4 is 11.9 Å². The molecular weight excluding hydrogens is 228 g/mol. The molecule has 0 spiro atoms. The molecular formula is C10H14N2O5. The van der Waals surface area contributed by atoms with Crippen LogP contribution in [0, 0.1) is 6.92 Å². The van der Waals surface area contributed by atoms with E-state index in [2.05, 4.69) is 13.8 Å². The number of nitrogens with zero attached hydrogens (tertiary/aromatic N) is 2. The third-order valence-corrected chi connectivity index (χ3v) is 2.06. The highest BCUT2D eigenvalue weighted by molar-refractivity contribution is 5.89. The average molecular weight is 242 g/mol. The molecule has 7 nitrogen and oxygen atoms in total. The monoisotopic (exact) mass is 242 g/mol. The van der Waals surface area contributed by atoms with Crippen LogP contribution in [-0.2, 0) is 11.3 Å². The molecule has 0 saturated heterocycles. The van der Waals surface area contributed by atoms with Crippen molar-refractivity contribution in [3.8, 4) is 0 Å². The second-order valence-electron chi connectivity index (χ2n) is 3.54. The van der Waals surface area contributed by atoms with Crippen LogP contribution in [0.4, 0.5) is 4.79 Å². The summed E-state index contributed by atoms with van der Waals surface area (Å²) in [5.74, 6) is 0.166. The summed E-state index contributed by atoms with van der Waals surface area (Å²) in [5, 5.41) is 0. The van der Waals surface area contributed by atoms with Crippen molar-refractivity contribution < 1.29 is 18.4 Å². The van der Waals surface area contributed by atoms with Crippen LogP contribution in [0.25, 0.3) is 0 Å². The maximum absolute atomic E-state index is 11.3. The highest BCUT2D eigenvalue weighted by Gasteiger charge is 2.11. The van der Waals surface area contributed by atoms with Crippen molar-refractivity contribution in [3.63, 3.8) is 0 Å². The number of ether oxygens (including phenoxy) is 1. The number of hydrogen-bond donors (Lipinski definition) is 0. The Labute approximate surface area is 97.7 Å². The van der Waals surface area contributed by atoms with Gasteiger partial charge >= 0.3 is 11.9 Å². The van der Waals surface area contributed by atoms with E-state index in [1.807, 2.05) is 0 Å². The Morgan fingerprint density at radius 1 is 1.41 bits per heavy atom. The molecule has 0 N–H and O–H groups in total. The minimum absolute atomic E-state index is 0.180. The number of amides is 1. The molecule has 0 bridgehead atoms. The number of aryl methyl sites for hydroxylation is 1. The summed E-state index contributed by atoms with van der Waals surface area (Å²) >= 11 is 0. The van der Waals surface area contributed by atoms with Gasteiger partial charge in [0.2, 0.25) is 0 Å². The normalized spacial score (nSPS) is 11.4. The second-order valence-corrected chi connectivity index (χ2v) is 3.54. The molecule has 0 aliphatic heterocycles. The van der Waals surface area contributed by atoms with E-state index in [-0.39, 0.29) is 18.1 Å². The quantitative estimate of drug-likeness (QED) is 0.571.